The van der Waals surface area contributed by atoms with Gasteiger partial charge in [-0.2, -0.15) is 0 Å². The summed E-state index contributed by atoms with van der Waals surface area (Å²) in [7, 11) is 0. The molecule has 4 N–H and O–H groups in total. The predicted octanol–water partition coefficient (Wildman–Crippen LogP) is 3.00. The largest absolute Gasteiger partial charge is 0.396 e. The number of hydrogen-bond donors (Lipinski definition) is 3. The van der Waals surface area contributed by atoms with Crippen molar-refractivity contribution in [1.29, 1.82) is 0 Å². The number of nitrogens with two attached hydrogens (primary N) is 1. The van der Waals surface area contributed by atoms with Crippen LogP contribution in [-0.4, -0.2) is 23.2 Å². The first-order valence-electron chi connectivity index (χ1n) is 6.65. The highest BCUT2D eigenvalue weighted by Gasteiger charge is 2.33. The van der Waals surface area contributed by atoms with Gasteiger partial charge in [-0.05, 0) is 25.0 Å². The quantitative estimate of drug-likeness (QED) is 0.750. The van der Waals surface area contributed by atoms with Crippen LogP contribution in [0.15, 0.2) is 12.1 Å². The summed E-state index contributed by atoms with van der Waals surface area (Å²) in [6, 6.07) is 2.98. The fourth-order valence-electron chi connectivity index (χ4n) is 2.58. The fraction of sp³-hybridized carbons (Fsp3) is 0.500. The van der Waals surface area contributed by atoms with Crippen molar-refractivity contribution in [3.05, 3.63) is 27.7 Å². The lowest BCUT2D eigenvalue weighted by molar-refractivity contribution is 0.0758. The van der Waals surface area contributed by atoms with Gasteiger partial charge in [-0.3, -0.25) is 4.79 Å². The molecule has 1 amide bonds. The molecule has 0 saturated heterocycles. The van der Waals surface area contributed by atoms with Crippen LogP contribution in [0.25, 0.3) is 0 Å². The van der Waals surface area contributed by atoms with E-state index in [9.17, 15) is 9.90 Å². The monoisotopic (exact) mass is 316 g/mol. The van der Waals surface area contributed by atoms with E-state index in [1.54, 1.807) is 0 Å². The molecule has 0 spiro atoms. The lowest BCUT2D eigenvalue weighted by Gasteiger charge is -2.36. The first kappa shape index (κ1) is 15.4. The Kier molecular flexibility index (Phi) is 4.78. The summed E-state index contributed by atoms with van der Waals surface area (Å²) in [6.07, 6.45) is 4.71. The number of aliphatic hydroxyl groups is 1. The number of aliphatic hydroxyl groups excluding tert-OH is 1. The van der Waals surface area contributed by atoms with Crippen LogP contribution in [0.1, 0.15) is 42.5 Å². The molecule has 0 heterocycles. The number of anilines is 1. The Morgan fingerprint density at radius 3 is 2.30 bits per heavy atom. The number of nitrogen functional groups attached to an aromatic ring is 1. The first-order valence-corrected chi connectivity index (χ1v) is 7.41. The minimum Gasteiger partial charge on any atom is -0.396 e. The van der Waals surface area contributed by atoms with E-state index in [-0.39, 0.29) is 28.2 Å². The van der Waals surface area contributed by atoms with Crippen LogP contribution in [0.2, 0.25) is 10.0 Å². The SMILES string of the molecule is Nc1c(Cl)cc(C(=O)NC2(CO)CCCCC2)cc1Cl. The molecule has 0 atom stereocenters. The van der Waals surface area contributed by atoms with Gasteiger partial charge in [-0.1, -0.05) is 42.5 Å². The summed E-state index contributed by atoms with van der Waals surface area (Å²) in [5, 5.41) is 13.0. The van der Waals surface area contributed by atoms with Crippen molar-refractivity contribution in [1.82, 2.24) is 5.32 Å². The van der Waals surface area contributed by atoms with Crippen molar-refractivity contribution < 1.29 is 9.90 Å². The van der Waals surface area contributed by atoms with Crippen LogP contribution >= 0.6 is 23.2 Å². The molecular weight excluding hydrogens is 299 g/mol. The molecule has 4 nitrogen and oxygen atoms in total. The molecule has 20 heavy (non-hydrogen) atoms. The Morgan fingerprint density at radius 2 is 1.80 bits per heavy atom. The van der Waals surface area contributed by atoms with Crippen LogP contribution in [0.3, 0.4) is 0 Å². The number of nitrogens with one attached hydrogen (secondary N) is 1. The van der Waals surface area contributed by atoms with Crippen molar-refractivity contribution >= 4 is 34.8 Å². The number of rotatable bonds is 3. The summed E-state index contributed by atoms with van der Waals surface area (Å²) < 4.78 is 0. The van der Waals surface area contributed by atoms with Gasteiger partial charge in [-0.25, -0.2) is 0 Å². The normalized spacial score (nSPS) is 17.8. The van der Waals surface area contributed by atoms with Crippen molar-refractivity contribution in [2.24, 2.45) is 0 Å². The summed E-state index contributed by atoms with van der Waals surface area (Å²) >= 11 is 11.9. The van der Waals surface area contributed by atoms with E-state index in [0.717, 1.165) is 32.1 Å². The van der Waals surface area contributed by atoms with Crippen molar-refractivity contribution in [3.63, 3.8) is 0 Å². The van der Waals surface area contributed by atoms with Gasteiger partial charge in [0.15, 0.2) is 0 Å². The van der Waals surface area contributed by atoms with Gasteiger partial charge in [0, 0.05) is 5.56 Å². The van der Waals surface area contributed by atoms with Crippen LogP contribution in [-0.2, 0) is 0 Å². The van der Waals surface area contributed by atoms with Crippen LogP contribution in [0.4, 0.5) is 5.69 Å². The summed E-state index contributed by atoms with van der Waals surface area (Å²) in [5.74, 6) is -0.287. The maximum absolute atomic E-state index is 12.3. The summed E-state index contributed by atoms with van der Waals surface area (Å²) in [5.41, 5.74) is 5.74. The smallest absolute Gasteiger partial charge is 0.251 e. The minimum absolute atomic E-state index is 0.0603. The van der Waals surface area contributed by atoms with Gasteiger partial charge in [0.25, 0.3) is 5.91 Å². The molecule has 1 aromatic carbocycles. The summed E-state index contributed by atoms with van der Waals surface area (Å²) in [4.78, 5) is 12.3. The Hall–Kier alpha value is -0.970. The Morgan fingerprint density at radius 1 is 1.25 bits per heavy atom. The van der Waals surface area contributed by atoms with E-state index in [1.807, 2.05) is 0 Å². The molecule has 110 valence electrons. The number of carbonyl (C=O) groups excluding carboxylic acids is 1. The third kappa shape index (κ3) is 3.19. The van der Waals surface area contributed by atoms with Crippen molar-refractivity contribution in [2.45, 2.75) is 37.6 Å². The van der Waals surface area contributed by atoms with Gasteiger partial charge in [0.2, 0.25) is 0 Å². The Balaban J connectivity index is 2.19. The molecule has 1 aliphatic carbocycles. The number of hydrogen-bond acceptors (Lipinski definition) is 3. The zero-order chi connectivity index (χ0) is 14.8. The van der Waals surface area contributed by atoms with Crippen LogP contribution < -0.4 is 11.1 Å². The lowest BCUT2D eigenvalue weighted by Crippen LogP contribution is -2.52. The van der Waals surface area contributed by atoms with Gasteiger partial charge in [-0.15, -0.1) is 0 Å². The van der Waals surface area contributed by atoms with Gasteiger partial charge in [0.1, 0.15) is 0 Å². The molecule has 6 heteroatoms. The third-order valence-corrected chi connectivity index (χ3v) is 4.46. The van der Waals surface area contributed by atoms with Gasteiger partial charge in [0.05, 0.1) is 27.9 Å². The van der Waals surface area contributed by atoms with Crippen molar-refractivity contribution in [3.8, 4) is 0 Å². The predicted molar refractivity (Wildman–Crippen MR) is 81.2 cm³/mol. The number of amides is 1. The van der Waals surface area contributed by atoms with E-state index in [2.05, 4.69) is 5.32 Å². The fourth-order valence-corrected chi connectivity index (χ4v) is 3.07. The molecule has 0 unspecified atom stereocenters. The first-order chi connectivity index (χ1) is 9.47. The van der Waals surface area contributed by atoms with Gasteiger partial charge < -0.3 is 16.2 Å². The van der Waals surface area contributed by atoms with Crippen molar-refractivity contribution in [2.75, 3.05) is 12.3 Å². The molecule has 0 aliphatic heterocycles. The molecule has 1 saturated carbocycles. The topological polar surface area (TPSA) is 75.4 Å². The molecular formula is C14H18Cl2N2O2. The molecule has 0 radical (unpaired) electrons. The average Bonchev–Trinajstić information content (AvgIpc) is 2.45. The van der Waals surface area contributed by atoms with E-state index in [0.29, 0.717) is 5.56 Å². The van der Waals surface area contributed by atoms with E-state index in [4.69, 9.17) is 28.9 Å². The zero-order valence-electron chi connectivity index (χ0n) is 11.1. The molecule has 2 rings (SSSR count). The summed E-state index contributed by atoms with van der Waals surface area (Å²) in [6.45, 7) is -0.0603. The van der Waals surface area contributed by atoms with Crippen LogP contribution in [0, 0.1) is 0 Å². The highest BCUT2D eigenvalue weighted by Crippen LogP contribution is 2.31. The molecule has 1 aromatic rings. The number of carbonyl (C=O) groups is 1. The van der Waals surface area contributed by atoms with E-state index >= 15 is 0 Å². The molecule has 1 aliphatic rings. The Bertz CT molecular complexity index is 491. The van der Waals surface area contributed by atoms with Crippen LogP contribution in [0.5, 0.6) is 0 Å². The maximum atomic E-state index is 12.3. The minimum atomic E-state index is -0.532. The van der Waals surface area contributed by atoms with E-state index < -0.39 is 5.54 Å². The maximum Gasteiger partial charge on any atom is 0.251 e. The lowest BCUT2D eigenvalue weighted by atomic mass is 9.82. The second-order valence-electron chi connectivity index (χ2n) is 5.31. The standard InChI is InChI=1S/C14H18Cl2N2O2/c15-10-6-9(7-11(16)12(10)17)13(20)18-14(8-19)4-2-1-3-5-14/h6-7,19H,1-5,8,17H2,(H,18,20). The van der Waals surface area contributed by atoms with Gasteiger partial charge >= 0.3 is 0 Å². The molecule has 1 fully saturated rings. The average molecular weight is 317 g/mol. The second kappa shape index (κ2) is 6.20. The second-order valence-corrected chi connectivity index (χ2v) is 6.12. The molecule has 0 aromatic heterocycles. The van der Waals surface area contributed by atoms with E-state index in [1.165, 1.54) is 12.1 Å². The number of benzene rings is 1. The Labute approximate surface area is 128 Å². The highest BCUT2D eigenvalue weighted by atomic mass is 35.5. The third-order valence-electron chi connectivity index (χ3n) is 3.83. The molecule has 0 bridgehead atoms. The highest BCUT2D eigenvalue weighted by molar-refractivity contribution is 6.39. The zero-order valence-corrected chi connectivity index (χ0v) is 12.6. The number of halogens is 2.